The zero-order valence-electron chi connectivity index (χ0n) is 23.4. The molecule has 3 heterocycles. The molecule has 3 unspecified atom stereocenters. The van der Waals surface area contributed by atoms with Crippen molar-refractivity contribution in [3.8, 4) is 0 Å². The molecule has 7 atom stereocenters. The first-order valence-corrected chi connectivity index (χ1v) is 14.0. The fourth-order valence-corrected chi connectivity index (χ4v) is 7.15. The van der Waals surface area contributed by atoms with Crippen LogP contribution in [0.4, 0.5) is 5.69 Å². The number of aliphatic hydroxyl groups excluding tert-OH is 1. The third kappa shape index (κ3) is 4.08. The van der Waals surface area contributed by atoms with Crippen LogP contribution in [0.2, 0.25) is 0 Å². The van der Waals surface area contributed by atoms with Crippen LogP contribution in [-0.2, 0) is 23.9 Å². The maximum atomic E-state index is 14.7. The second-order valence-electron chi connectivity index (χ2n) is 11.5. The number of nitrogens with zero attached hydrogens (tertiary/aromatic N) is 2. The number of carbonyl (C=O) groups is 3. The summed E-state index contributed by atoms with van der Waals surface area (Å²) in [4.78, 5) is 45.4. The van der Waals surface area contributed by atoms with Crippen molar-refractivity contribution in [1.29, 1.82) is 0 Å². The van der Waals surface area contributed by atoms with Crippen molar-refractivity contribution in [3.63, 3.8) is 0 Å². The first-order chi connectivity index (χ1) is 19.1. The number of aliphatic hydroxyl groups is 1. The number of ether oxygens (including phenoxy) is 2. The van der Waals surface area contributed by atoms with Crippen LogP contribution in [0, 0.1) is 17.8 Å². The van der Waals surface area contributed by atoms with Crippen molar-refractivity contribution >= 4 is 34.2 Å². The summed E-state index contributed by atoms with van der Waals surface area (Å²) in [6, 6.07) is 12.0. The Morgan fingerprint density at radius 2 is 1.95 bits per heavy atom. The quantitative estimate of drug-likeness (QED) is 0.276. The number of esters is 1. The summed E-state index contributed by atoms with van der Waals surface area (Å²) < 4.78 is 12.3. The van der Waals surface area contributed by atoms with Gasteiger partial charge < -0.3 is 24.4 Å². The number of amides is 2. The molecule has 1 N–H and O–H groups in total. The van der Waals surface area contributed by atoms with Crippen LogP contribution < -0.4 is 4.90 Å². The van der Waals surface area contributed by atoms with Crippen LogP contribution in [-0.4, -0.2) is 70.8 Å². The van der Waals surface area contributed by atoms with E-state index >= 15 is 0 Å². The Bertz CT molecular complexity index is 1360. The summed E-state index contributed by atoms with van der Waals surface area (Å²) in [5, 5.41) is 12.2. The molecular formula is C32H38N2O6. The van der Waals surface area contributed by atoms with Gasteiger partial charge in [0.15, 0.2) is 0 Å². The minimum atomic E-state index is -1.23. The zero-order valence-corrected chi connectivity index (χ0v) is 23.4. The minimum Gasteiger partial charge on any atom is -0.465 e. The Hall–Kier alpha value is -3.49. The van der Waals surface area contributed by atoms with Gasteiger partial charge in [-0.2, -0.15) is 0 Å². The van der Waals surface area contributed by atoms with E-state index in [9.17, 15) is 19.5 Å². The van der Waals surface area contributed by atoms with Gasteiger partial charge in [-0.05, 0) is 55.5 Å². The first kappa shape index (κ1) is 28.1. The average Bonchev–Trinajstić information content (AvgIpc) is 3.47. The molecule has 2 aromatic rings. The summed E-state index contributed by atoms with van der Waals surface area (Å²) in [5.41, 5.74) is -1.53. The van der Waals surface area contributed by atoms with Crippen LogP contribution in [0.3, 0.4) is 0 Å². The maximum Gasteiger partial charge on any atom is 0.312 e. The smallest absolute Gasteiger partial charge is 0.312 e. The van der Waals surface area contributed by atoms with Gasteiger partial charge in [0.2, 0.25) is 5.91 Å². The van der Waals surface area contributed by atoms with Crippen molar-refractivity contribution in [2.75, 3.05) is 24.7 Å². The lowest BCUT2D eigenvalue weighted by Crippen LogP contribution is -2.58. The van der Waals surface area contributed by atoms with Crippen molar-refractivity contribution in [1.82, 2.24) is 4.90 Å². The van der Waals surface area contributed by atoms with Gasteiger partial charge in [-0.25, -0.2) is 0 Å². The average molecular weight is 547 g/mol. The van der Waals surface area contributed by atoms with Crippen molar-refractivity contribution in [2.45, 2.75) is 56.9 Å². The Kier molecular flexibility index (Phi) is 7.35. The van der Waals surface area contributed by atoms with E-state index in [1.54, 1.807) is 24.0 Å². The monoisotopic (exact) mass is 546 g/mol. The minimum absolute atomic E-state index is 0.110. The van der Waals surface area contributed by atoms with Gasteiger partial charge in [0.05, 0.1) is 30.8 Å². The Balaban J connectivity index is 1.60. The molecule has 2 bridgehead atoms. The summed E-state index contributed by atoms with van der Waals surface area (Å²) in [7, 11) is 0. The highest BCUT2D eigenvalue weighted by molar-refractivity contribution is 6.05. The predicted octanol–water partition coefficient (Wildman–Crippen LogP) is 3.87. The van der Waals surface area contributed by atoms with E-state index in [4.69, 9.17) is 9.47 Å². The number of fused-ring (bicyclic) bond motifs is 2. The largest absolute Gasteiger partial charge is 0.465 e. The van der Waals surface area contributed by atoms with E-state index in [0.717, 1.165) is 10.8 Å². The number of hydrogen-bond acceptors (Lipinski definition) is 6. The van der Waals surface area contributed by atoms with E-state index in [0.29, 0.717) is 18.5 Å². The third-order valence-electron chi connectivity index (χ3n) is 9.17. The number of carbonyl (C=O) groups excluding carboxylic acids is 3. The number of rotatable bonds is 10. The molecule has 3 saturated heterocycles. The molecule has 1 spiro atoms. The molecule has 0 aromatic heterocycles. The molecule has 5 rings (SSSR count). The second-order valence-corrected chi connectivity index (χ2v) is 11.5. The normalized spacial score (nSPS) is 31.2. The Labute approximate surface area is 235 Å². The number of benzene rings is 2. The van der Waals surface area contributed by atoms with Crippen molar-refractivity contribution in [2.24, 2.45) is 17.8 Å². The van der Waals surface area contributed by atoms with Crippen LogP contribution >= 0.6 is 0 Å². The SMILES string of the molecule is C=CCCOC(=O)[C@H]1[C@H]2C(=O)N([C@H](C)CO)C(C(=O)N(CC=C)c3ccc4ccccc4c3)C23CC(C)[C@]1(C)O3. The van der Waals surface area contributed by atoms with E-state index < -0.39 is 41.1 Å². The molecule has 0 aliphatic carbocycles. The summed E-state index contributed by atoms with van der Waals surface area (Å²) in [6.45, 7) is 13.1. The van der Waals surface area contributed by atoms with Crippen LogP contribution in [0.25, 0.3) is 10.8 Å². The highest BCUT2D eigenvalue weighted by Crippen LogP contribution is 2.65. The zero-order chi connectivity index (χ0) is 28.8. The fourth-order valence-electron chi connectivity index (χ4n) is 7.15. The summed E-state index contributed by atoms with van der Waals surface area (Å²) >= 11 is 0. The number of anilines is 1. The number of hydrogen-bond donors (Lipinski definition) is 1. The van der Waals surface area contributed by atoms with Crippen molar-refractivity contribution < 1.29 is 29.0 Å². The molecular weight excluding hydrogens is 508 g/mol. The van der Waals surface area contributed by atoms with Gasteiger partial charge in [0.1, 0.15) is 17.6 Å². The number of likely N-dealkylation sites (tertiary alicyclic amines) is 1. The molecule has 2 amide bonds. The molecule has 0 saturated carbocycles. The highest BCUT2D eigenvalue weighted by Gasteiger charge is 2.80. The van der Waals surface area contributed by atoms with Crippen LogP contribution in [0.1, 0.15) is 33.6 Å². The lowest BCUT2D eigenvalue weighted by atomic mass is 9.62. The molecule has 0 radical (unpaired) electrons. The summed E-state index contributed by atoms with van der Waals surface area (Å²) in [5.74, 6) is -3.06. The molecule has 3 fully saturated rings. The highest BCUT2D eigenvalue weighted by atomic mass is 16.6. The van der Waals surface area contributed by atoms with E-state index in [-0.39, 0.29) is 37.5 Å². The molecule has 3 aliphatic rings. The van der Waals surface area contributed by atoms with Gasteiger partial charge in [-0.1, -0.05) is 49.4 Å². The van der Waals surface area contributed by atoms with Crippen LogP contribution in [0.15, 0.2) is 67.8 Å². The van der Waals surface area contributed by atoms with E-state index in [1.807, 2.05) is 56.3 Å². The van der Waals surface area contributed by atoms with E-state index in [2.05, 4.69) is 13.2 Å². The van der Waals surface area contributed by atoms with E-state index in [1.165, 1.54) is 4.90 Å². The standard InChI is InChI=1S/C32H38N2O6/c1-6-8-16-39-30(38)26-25-28(36)34(21(4)19-35)27(32(25)18-20(3)31(26,5)40-32)29(37)33(15-7-2)24-14-13-22-11-9-10-12-23(22)17-24/h6-7,9-14,17,20-21,25-27,35H,1-2,8,15-16,18-19H2,3-5H3/t20?,21-,25+,26-,27?,31+,32?/m1/s1. The molecule has 8 heteroatoms. The van der Waals surface area contributed by atoms with Crippen LogP contribution in [0.5, 0.6) is 0 Å². The van der Waals surface area contributed by atoms with Gasteiger partial charge in [0.25, 0.3) is 5.91 Å². The van der Waals surface area contributed by atoms with Gasteiger partial charge in [-0.15, -0.1) is 13.2 Å². The fraction of sp³-hybridized carbons (Fsp3) is 0.469. The lowest BCUT2D eigenvalue weighted by Gasteiger charge is -2.38. The van der Waals surface area contributed by atoms with Gasteiger partial charge in [0, 0.05) is 12.2 Å². The maximum absolute atomic E-state index is 14.7. The Morgan fingerprint density at radius 3 is 2.62 bits per heavy atom. The molecule has 2 aromatic carbocycles. The summed E-state index contributed by atoms with van der Waals surface area (Å²) in [6.07, 6.45) is 4.24. The van der Waals surface area contributed by atoms with Crippen molar-refractivity contribution in [3.05, 3.63) is 67.8 Å². The molecule has 3 aliphatic heterocycles. The second kappa shape index (κ2) is 10.5. The molecule has 212 valence electrons. The Morgan fingerprint density at radius 1 is 1.23 bits per heavy atom. The first-order valence-electron chi connectivity index (χ1n) is 14.0. The third-order valence-corrected chi connectivity index (χ3v) is 9.17. The molecule has 8 nitrogen and oxygen atoms in total. The predicted molar refractivity (Wildman–Crippen MR) is 152 cm³/mol. The molecule has 40 heavy (non-hydrogen) atoms. The topological polar surface area (TPSA) is 96.4 Å². The van der Waals surface area contributed by atoms with Gasteiger partial charge in [-0.3, -0.25) is 14.4 Å². The lowest BCUT2D eigenvalue weighted by molar-refractivity contribution is -0.162. The van der Waals surface area contributed by atoms with Gasteiger partial charge >= 0.3 is 5.97 Å².